The lowest BCUT2D eigenvalue weighted by molar-refractivity contribution is 0.370. The lowest BCUT2D eigenvalue weighted by Gasteiger charge is -2.37. The van der Waals surface area contributed by atoms with E-state index in [1.54, 1.807) is 18.4 Å². The summed E-state index contributed by atoms with van der Waals surface area (Å²) in [5, 5.41) is 4.33. The molecule has 0 aliphatic carbocycles. The minimum atomic E-state index is -0.421. The third-order valence-electron chi connectivity index (χ3n) is 4.11. The molecule has 0 saturated carbocycles. The Balaban J connectivity index is 1.57. The quantitative estimate of drug-likeness (QED) is 0.671. The summed E-state index contributed by atoms with van der Waals surface area (Å²) in [5.74, 6) is -0.0150. The molecular weight excluding hydrogens is 344 g/mol. The number of rotatable bonds is 3. The summed E-state index contributed by atoms with van der Waals surface area (Å²) in [6.07, 6.45) is 1.86. The van der Waals surface area contributed by atoms with Crippen LogP contribution >= 0.6 is 11.3 Å². The van der Waals surface area contributed by atoms with E-state index in [1.807, 2.05) is 18.0 Å². The molecule has 0 radical (unpaired) electrons. The molecule has 1 aromatic heterocycles. The van der Waals surface area contributed by atoms with Crippen molar-refractivity contribution in [2.24, 2.45) is 4.99 Å². The van der Waals surface area contributed by atoms with Gasteiger partial charge < -0.3 is 15.1 Å². The average Bonchev–Trinajstić information content (AvgIpc) is 3.03. The Bertz CT molecular complexity index is 753. The number of nitrogens with zero attached hydrogens (tertiary/aromatic N) is 4. The molecule has 3 rings (SSSR count). The normalized spacial score (nSPS) is 15.6. The van der Waals surface area contributed by atoms with Crippen LogP contribution in [0.25, 0.3) is 0 Å². The van der Waals surface area contributed by atoms with Gasteiger partial charge in [0.1, 0.15) is 16.6 Å². The van der Waals surface area contributed by atoms with Crippen LogP contribution in [0.4, 0.5) is 14.5 Å². The highest BCUT2D eigenvalue weighted by Crippen LogP contribution is 2.22. The van der Waals surface area contributed by atoms with Crippen LogP contribution in [0.2, 0.25) is 0 Å². The summed E-state index contributed by atoms with van der Waals surface area (Å²) in [5.41, 5.74) is 0.320. The number of anilines is 1. The van der Waals surface area contributed by atoms with Gasteiger partial charge in [0.25, 0.3) is 0 Å². The van der Waals surface area contributed by atoms with Crippen molar-refractivity contribution in [1.82, 2.24) is 15.2 Å². The first-order chi connectivity index (χ1) is 12.1. The zero-order chi connectivity index (χ0) is 17.8. The van der Waals surface area contributed by atoms with Crippen LogP contribution in [0.3, 0.4) is 0 Å². The van der Waals surface area contributed by atoms with Crippen molar-refractivity contribution < 1.29 is 8.78 Å². The molecule has 2 heterocycles. The van der Waals surface area contributed by atoms with E-state index in [9.17, 15) is 8.78 Å². The van der Waals surface area contributed by atoms with Gasteiger partial charge in [-0.3, -0.25) is 4.99 Å². The maximum absolute atomic E-state index is 13.9. The van der Waals surface area contributed by atoms with Gasteiger partial charge in [-0.25, -0.2) is 13.8 Å². The Labute approximate surface area is 150 Å². The summed E-state index contributed by atoms with van der Waals surface area (Å²) in [6, 6.07) is 3.57. The van der Waals surface area contributed by atoms with Crippen molar-refractivity contribution in [3.8, 4) is 0 Å². The molecule has 2 aromatic rings. The highest BCUT2D eigenvalue weighted by atomic mass is 32.1. The average molecular weight is 365 g/mol. The molecule has 0 bridgehead atoms. The summed E-state index contributed by atoms with van der Waals surface area (Å²) < 4.78 is 27.3. The molecule has 134 valence electrons. The molecule has 0 amide bonds. The Morgan fingerprint density at radius 3 is 2.68 bits per heavy atom. The third kappa shape index (κ3) is 4.25. The van der Waals surface area contributed by atoms with Gasteiger partial charge in [0.2, 0.25) is 0 Å². The number of nitrogens with one attached hydrogen (secondary N) is 1. The largest absolute Gasteiger partial charge is 0.366 e. The van der Waals surface area contributed by atoms with E-state index in [1.165, 1.54) is 17.0 Å². The van der Waals surface area contributed by atoms with E-state index >= 15 is 0 Å². The van der Waals surface area contributed by atoms with Gasteiger partial charge in [0.15, 0.2) is 5.96 Å². The molecule has 25 heavy (non-hydrogen) atoms. The molecule has 1 aromatic carbocycles. The Morgan fingerprint density at radius 1 is 1.28 bits per heavy atom. The Hall–Kier alpha value is -2.22. The van der Waals surface area contributed by atoms with E-state index in [2.05, 4.69) is 20.2 Å². The Kier molecular flexibility index (Phi) is 5.47. The highest BCUT2D eigenvalue weighted by molar-refractivity contribution is 7.11. The molecule has 1 N–H and O–H groups in total. The van der Waals surface area contributed by atoms with Crippen molar-refractivity contribution in [3.05, 3.63) is 45.9 Å². The summed E-state index contributed by atoms with van der Waals surface area (Å²) in [4.78, 5) is 13.8. The second kappa shape index (κ2) is 7.77. The van der Waals surface area contributed by atoms with Crippen LogP contribution in [0, 0.1) is 18.6 Å². The van der Waals surface area contributed by atoms with Crippen molar-refractivity contribution in [2.75, 3.05) is 38.1 Å². The number of benzene rings is 1. The van der Waals surface area contributed by atoms with Gasteiger partial charge in [0.05, 0.1) is 12.2 Å². The van der Waals surface area contributed by atoms with E-state index in [4.69, 9.17) is 0 Å². The SMILES string of the molecule is CN=C(NCc1ncc(C)s1)N1CCN(c2cc(F)ccc2F)CC1. The second-order valence-electron chi connectivity index (χ2n) is 5.84. The lowest BCUT2D eigenvalue weighted by atomic mass is 10.2. The molecule has 1 aliphatic rings. The number of halogens is 2. The minimum Gasteiger partial charge on any atom is -0.366 e. The zero-order valence-electron chi connectivity index (χ0n) is 14.3. The predicted octanol–water partition coefficient (Wildman–Crippen LogP) is 2.63. The fraction of sp³-hybridized carbons (Fsp3) is 0.412. The predicted molar refractivity (Wildman–Crippen MR) is 97.2 cm³/mol. The molecule has 1 aliphatic heterocycles. The number of aliphatic imine (C=N–C) groups is 1. The van der Waals surface area contributed by atoms with Gasteiger partial charge in [-0.05, 0) is 19.1 Å². The maximum Gasteiger partial charge on any atom is 0.194 e. The van der Waals surface area contributed by atoms with Crippen molar-refractivity contribution >= 4 is 23.0 Å². The van der Waals surface area contributed by atoms with Gasteiger partial charge in [-0.1, -0.05) is 0 Å². The number of aryl methyl sites for hydroxylation is 1. The van der Waals surface area contributed by atoms with Crippen LogP contribution in [-0.2, 0) is 6.54 Å². The Morgan fingerprint density at radius 2 is 2.04 bits per heavy atom. The van der Waals surface area contributed by atoms with Crippen LogP contribution in [0.5, 0.6) is 0 Å². The molecular formula is C17H21F2N5S. The molecule has 0 unspecified atom stereocenters. The van der Waals surface area contributed by atoms with Gasteiger partial charge in [0, 0.05) is 50.4 Å². The number of thiazole rings is 1. The summed E-state index contributed by atoms with van der Waals surface area (Å²) in [6.45, 7) is 5.25. The standard InChI is InChI=1S/C17H21F2N5S/c1-12-10-21-16(25-12)11-22-17(20-2)24-7-5-23(6-8-24)15-9-13(18)3-4-14(15)19/h3-4,9-10H,5-8,11H2,1-2H3,(H,20,22). The van der Waals surface area contributed by atoms with Gasteiger partial charge >= 0.3 is 0 Å². The molecule has 5 nitrogen and oxygen atoms in total. The minimum absolute atomic E-state index is 0.320. The van der Waals surface area contributed by atoms with Crippen molar-refractivity contribution in [3.63, 3.8) is 0 Å². The summed E-state index contributed by atoms with van der Waals surface area (Å²) in [7, 11) is 1.74. The number of piperazine rings is 1. The first-order valence-electron chi connectivity index (χ1n) is 8.13. The van der Waals surface area contributed by atoms with Crippen LogP contribution in [0.15, 0.2) is 29.4 Å². The van der Waals surface area contributed by atoms with Crippen LogP contribution in [-0.4, -0.2) is 49.1 Å². The molecule has 1 fully saturated rings. The first-order valence-corrected chi connectivity index (χ1v) is 8.95. The maximum atomic E-state index is 13.9. The first kappa shape index (κ1) is 17.6. The summed E-state index contributed by atoms with van der Waals surface area (Å²) >= 11 is 1.65. The van der Waals surface area contributed by atoms with Crippen molar-refractivity contribution in [2.45, 2.75) is 13.5 Å². The fourth-order valence-electron chi connectivity index (χ4n) is 2.86. The van der Waals surface area contributed by atoms with E-state index in [0.29, 0.717) is 38.4 Å². The van der Waals surface area contributed by atoms with Crippen molar-refractivity contribution in [1.29, 1.82) is 0 Å². The molecule has 1 saturated heterocycles. The zero-order valence-corrected chi connectivity index (χ0v) is 15.1. The topological polar surface area (TPSA) is 43.8 Å². The number of hydrogen-bond donors (Lipinski definition) is 1. The van der Waals surface area contributed by atoms with Crippen LogP contribution in [0.1, 0.15) is 9.88 Å². The fourth-order valence-corrected chi connectivity index (χ4v) is 3.58. The third-order valence-corrected chi connectivity index (χ3v) is 5.02. The van der Waals surface area contributed by atoms with Gasteiger partial charge in [-0.2, -0.15) is 0 Å². The molecule has 0 atom stereocenters. The smallest absolute Gasteiger partial charge is 0.194 e. The van der Waals surface area contributed by atoms with Crippen LogP contribution < -0.4 is 10.2 Å². The second-order valence-corrected chi connectivity index (χ2v) is 7.15. The van der Waals surface area contributed by atoms with E-state index in [0.717, 1.165) is 17.0 Å². The lowest BCUT2D eigenvalue weighted by Crippen LogP contribution is -2.52. The van der Waals surface area contributed by atoms with E-state index < -0.39 is 11.6 Å². The molecule has 0 spiro atoms. The number of hydrogen-bond acceptors (Lipinski definition) is 4. The highest BCUT2D eigenvalue weighted by Gasteiger charge is 2.22. The molecule has 8 heteroatoms. The van der Waals surface area contributed by atoms with E-state index in [-0.39, 0.29) is 0 Å². The van der Waals surface area contributed by atoms with Gasteiger partial charge in [-0.15, -0.1) is 11.3 Å². The number of guanidine groups is 1. The number of aromatic nitrogens is 1. The monoisotopic (exact) mass is 365 g/mol.